The summed E-state index contributed by atoms with van der Waals surface area (Å²) in [4.78, 5) is 10.9. The molecular weight excluding hydrogens is 304 g/mol. The first-order valence-corrected chi connectivity index (χ1v) is 6.96. The van der Waals surface area contributed by atoms with Gasteiger partial charge in [0.05, 0.1) is 11.4 Å². The van der Waals surface area contributed by atoms with Crippen LogP contribution in [0.1, 0.15) is 12.7 Å². The first kappa shape index (κ1) is 13.8. The number of rotatable bonds is 4. The Kier molecular flexibility index (Phi) is 4.37. The van der Waals surface area contributed by atoms with Gasteiger partial charge in [-0.3, -0.25) is 0 Å². The first-order chi connectivity index (χ1) is 9.10. The molecule has 0 spiro atoms. The van der Waals surface area contributed by atoms with Gasteiger partial charge in [-0.15, -0.1) is 0 Å². The number of para-hydroxylation sites is 2. The third kappa shape index (κ3) is 3.44. The van der Waals surface area contributed by atoms with Gasteiger partial charge in [-0.1, -0.05) is 19.1 Å². The smallest absolute Gasteiger partial charge is 0.135 e. The zero-order valence-corrected chi connectivity index (χ0v) is 12.9. The Balaban J connectivity index is 2.33. The largest absolute Gasteiger partial charge is 0.376 e. The predicted octanol–water partition coefficient (Wildman–Crippen LogP) is 3.61. The molecule has 0 bridgehead atoms. The molecule has 0 radical (unpaired) electrons. The summed E-state index contributed by atoms with van der Waals surface area (Å²) < 4.78 is 0.796. The Morgan fingerprint density at radius 1 is 1.21 bits per heavy atom. The number of anilines is 3. The maximum Gasteiger partial charge on any atom is 0.135 e. The van der Waals surface area contributed by atoms with Gasteiger partial charge in [0.1, 0.15) is 16.2 Å². The van der Waals surface area contributed by atoms with Gasteiger partial charge in [0.15, 0.2) is 0 Å². The highest BCUT2D eigenvalue weighted by Crippen LogP contribution is 2.27. The fraction of sp³-hybridized carbons (Fsp3) is 0.286. The van der Waals surface area contributed by atoms with Crippen molar-refractivity contribution < 1.29 is 0 Å². The number of hydrogen-bond acceptors (Lipinski definition) is 4. The van der Waals surface area contributed by atoms with E-state index in [1.165, 1.54) is 0 Å². The van der Waals surface area contributed by atoms with Crippen LogP contribution >= 0.6 is 15.9 Å². The second kappa shape index (κ2) is 6.02. The van der Waals surface area contributed by atoms with Crippen molar-refractivity contribution in [3.63, 3.8) is 0 Å². The van der Waals surface area contributed by atoms with Crippen molar-refractivity contribution in [1.29, 1.82) is 0 Å². The minimum atomic E-state index is 0.796. The van der Waals surface area contributed by atoms with Crippen molar-refractivity contribution in [3.05, 3.63) is 40.8 Å². The highest BCUT2D eigenvalue weighted by atomic mass is 79.9. The Morgan fingerprint density at radius 3 is 2.63 bits per heavy atom. The molecule has 1 aromatic heterocycles. The molecule has 2 aromatic rings. The summed E-state index contributed by atoms with van der Waals surface area (Å²) in [6, 6.07) is 10.0. The van der Waals surface area contributed by atoms with Crippen LogP contribution in [0, 0.1) is 0 Å². The van der Waals surface area contributed by atoms with E-state index < -0.39 is 0 Å². The lowest BCUT2D eigenvalue weighted by atomic mass is 10.2. The Bertz CT molecular complexity index is 569. The highest BCUT2D eigenvalue weighted by Gasteiger charge is 2.06. The Morgan fingerprint density at radius 2 is 1.95 bits per heavy atom. The zero-order chi connectivity index (χ0) is 13.8. The fourth-order valence-electron chi connectivity index (χ4n) is 1.79. The minimum absolute atomic E-state index is 0.796. The third-order valence-electron chi connectivity index (χ3n) is 2.71. The minimum Gasteiger partial charge on any atom is -0.376 e. The molecule has 2 rings (SSSR count). The molecule has 0 saturated heterocycles. The molecule has 0 aliphatic rings. The van der Waals surface area contributed by atoms with Crippen LogP contribution < -0.4 is 10.2 Å². The summed E-state index contributed by atoms with van der Waals surface area (Å²) in [6.07, 6.45) is 0.809. The van der Waals surface area contributed by atoms with Crippen LogP contribution in [0.5, 0.6) is 0 Å². The van der Waals surface area contributed by atoms with Gasteiger partial charge in [-0.25, -0.2) is 9.97 Å². The SMILES string of the molecule is CCc1nc(Br)cc(Nc2ccccc2N(C)C)n1. The summed E-state index contributed by atoms with van der Waals surface area (Å²) in [5.41, 5.74) is 2.15. The van der Waals surface area contributed by atoms with Gasteiger partial charge >= 0.3 is 0 Å². The van der Waals surface area contributed by atoms with Gasteiger partial charge in [0, 0.05) is 26.6 Å². The number of nitrogens with zero attached hydrogens (tertiary/aromatic N) is 3. The van der Waals surface area contributed by atoms with Crippen molar-refractivity contribution >= 4 is 33.1 Å². The van der Waals surface area contributed by atoms with Crippen LogP contribution in [-0.4, -0.2) is 24.1 Å². The monoisotopic (exact) mass is 320 g/mol. The number of aryl methyl sites for hydroxylation is 1. The number of hydrogen-bond donors (Lipinski definition) is 1. The van der Waals surface area contributed by atoms with Gasteiger partial charge in [0.2, 0.25) is 0 Å². The van der Waals surface area contributed by atoms with Gasteiger partial charge < -0.3 is 10.2 Å². The fourth-order valence-corrected chi connectivity index (χ4v) is 2.22. The summed E-state index contributed by atoms with van der Waals surface area (Å²) in [7, 11) is 4.04. The van der Waals surface area contributed by atoms with Crippen molar-refractivity contribution in [1.82, 2.24) is 9.97 Å². The molecule has 19 heavy (non-hydrogen) atoms. The van der Waals surface area contributed by atoms with E-state index in [0.29, 0.717) is 0 Å². The van der Waals surface area contributed by atoms with E-state index in [4.69, 9.17) is 0 Å². The quantitative estimate of drug-likeness (QED) is 0.874. The van der Waals surface area contributed by atoms with E-state index in [1.54, 1.807) is 0 Å². The lowest BCUT2D eigenvalue weighted by molar-refractivity contribution is 0.931. The number of halogens is 1. The zero-order valence-electron chi connectivity index (χ0n) is 11.3. The van der Waals surface area contributed by atoms with E-state index in [-0.39, 0.29) is 0 Å². The second-order valence-electron chi connectivity index (χ2n) is 4.38. The van der Waals surface area contributed by atoms with Crippen molar-refractivity contribution in [2.45, 2.75) is 13.3 Å². The van der Waals surface area contributed by atoms with E-state index in [0.717, 1.165) is 34.0 Å². The van der Waals surface area contributed by atoms with Crippen molar-refractivity contribution in [2.24, 2.45) is 0 Å². The summed E-state index contributed by atoms with van der Waals surface area (Å²) >= 11 is 3.41. The van der Waals surface area contributed by atoms with Gasteiger partial charge in [0.25, 0.3) is 0 Å². The van der Waals surface area contributed by atoms with Crippen LogP contribution in [0.4, 0.5) is 17.2 Å². The molecule has 1 N–H and O–H groups in total. The molecule has 0 aliphatic heterocycles. The Labute approximate surface area is 122 Å². The maximum atomic E-state index is 4.48. The predicted molar refractivity (Wildman–Crippen MR) is 83.2 cm³/mol. The van der Waals surface area contributed by atoms with Crippen molar-refractivity contribution in [2.75, 3.05) is 24.3 Å². The molecule has 4 nitrogen and oxygen atoms in total. The van der Waals surface area contributed by atoms with E-state index in [2.05, 4.69) is 42.2 Å². The van der Waals surface area contributed by atoms with Crippen LogP contribution in [0.2, 0.25) is 0 Å². The standard InChI is InChI=1S/C14H17BrN4/c1-4-13-17-12(15)9-14(18-13)16-10-7-5-6-8-11(10)19(2)3/h5-9H,4H2,1-3H3,(H,16,17,18). The average molecular weight is 321 g/mol. The molecule has 0 atom stereocenters. The van der Waals surface area contributed by atoms with Gasteiger partial charge in [-0.2, -0.15) is 0 Å². The van der Waals surface area contributed by atoms with Crippen LogP contribution in [-0.2, 0) is 6.42 Å². The molecule has 0 unspecified atom stereocenters. The molecule has 0 fully saturated rings. The lowest BCUT2D eigenvalue weighted by Gasteiger charge is -2.18. The number of benzene rings is 1. The van der Waals surface area contributed by atoms with Crippen LogP contribution in [0.3, 0.4) is 0 Å². The summed E-state index contributed by atoms with van der Waals surface area (Å²) in [5, 5.41) is 3.35. The lowest BCUT2D eigenvalue weighted by Crippen LogP contribution is -2.11. The van der Waals surface area contributed by atoms with E-state index in [1.807, 2.05) is 45.3 Å². The normalized spacial score (nSPS) is 10.3. The van der Waals surface area contributed by atoms with Crippen LogP contribution in [0.25, 0.3) is 0 Å². The third-order valence-corrected chi connectivity index (χ3v) is 3.11. The topological polar surface area (TPSA) is 41.1 Å². The molecule has 1 heterocycles. The number of aromatic nitrogens is 2. The number of nitrogens with one attached hydrogen (secondary N) is 1. The molecule has 0 saturated carbocycles. The molecule has 0 amide bonds. The summed E-state index contributed by atoms with van der Waals surface area (Å²) in [5.74, 6) is 1.62. The molecular formula is C14H17BrN4. The molecule has 100 valence electrons. The van der Waals surface area contributed by atoms with E-state index in [9.17, 15) is 0 Å². The van der Waals surface area contributed by atoms with E-state index >= 15 is 0 Å². The van der Waals surface area contributed by atoms with Gasteiger partial charge in [-0.05, 0) is 28.1 Å². The molecule has 5 heteroatoms. The molecule has 0 aliphatic carbocycles. The molecule has 1 aromatic carbocycles. The second-order valence-corrected chi connectivity index (χ2v) is 5.19. The highest BCUT2D eigenvalue weighted by molar-refractivity contribution is 9.10. The maximum absolute atomic E-state index is 4.48. The average Bonchev–Trinajstić information content (AvgIpc) is 2.38. The van der Waals surface area contributed by atoms with Crippen molar-refractivity contribution in [3.8, 4) is 0 Å². The summed E-state index contributed by atoms with van der Waals surface area (Å²) in [6.45, 7) is 2.04. The van der Waals surface area contributed by atoms with Crippen LogP contribution in [0.15, 0.2) is 34.9 Å². The first-order valence-electron chi connectivity index (χ1n) is 6.17. The Hall–Kier alpha value is -1.62.